The van der Waals surface area contributed by atoms with E-state index in [1.165, 1.54) is 23.1 Å². The van der Waals surface area contributed by atoms with Gasteiger partial charge in [-0.1, -0.05) is 0 Å². The van der Waals surface area contributed by atoms with Crippen LogP contribution in [0, 0.1) is 17.6 Å². The van der Waals surface area contributed by atoms with Crippen molar-refractivity contribution < 1.29 is 26.7 Å². The first-order valence-electron chi connectivity index (χ1n) is 12.1. The molecule has 39 heavy (non-hydrogen) atoms. The van der Waals surface area contributed by atoms with Gasteiger partial charge in [-0.05, 0) is 30.3 Å². The Morgan fingerprint density at radius 2 is 1.77 bits per heavy atom. The lowest BCUT2D eigenvalue weighted by Crippen LogP contribution is -2.50. The highest BCUT2D eigenvalue weighted by atomic mass is 19.3. The van der Waals surface area contributed by atoms with Crippen LogP contribution >= 0.6 is 0 Å². The average molecular weight is 544 g/mol. The summed E-state index contributed by atoms with van der Waals surface area (Å²) >= 11 is 0. The fourth-order valence-electron chi connectivity index (χ4n) is 4.86. The van der Waals surface area contributed by atoms with E-state index in [0.29, 0.717) is 11.3 Å². The van der Waals surface area contributed by atoms with Crippen LogP contribution in [0.25, 0.3) is 5.65 Å². The van der Waals surface area contributed by atoms with Crippen molar-refractivity contribution in [2.75, 3.05) is 34.8 Å². The van der Waals surface area contributed by atoms with E-state index in [2.05, 4.69) is 25.4 Å². The number of nitrogens with one attached hydrogen (secondary N) is 1. The summed E-state index contributed by atoms with van der Waals surface area (Å²) in [5, 5.41) is 7.10. The first-order valence-corrected chi connectivity index (χ1v) is 12.1. The normalized spacial score (nSPS) is 19.6. The summed E-state index contributed by atoms with van der Waals surface area (Å²) in [6, 6.07) is 5.47. The number of hydrogen-bond acceptors (Lipinski definition) is 7. The molecule has 202 valence electrons. The molecule has 1 N–H and O–H groups in total. The third kappa shape index (κ3) is 4.70. The number of anilines is 3. The van der Waals surface area contributed by atoms with Crippen LogP contribution in [0.3, 0.4) is 0 Å². The van der Waals surface area contributed by atoms with Crippen LogP contribution in [0.4, 0.5) is 39.3 Å². The van der Waals surface area contributed by atoms with Gasteiger partial charge in [-0.15, -0.1) is 5.10 Å². The molecular weight excluding hydrogens is 523 g/mol. The van der Waals surface area contributed by atoms with E-state index >= 15 is 0 Å². The van der Waals surface area contributed by atoms with Crippen LogP contribution in [-0.4, -0.2) is 62.7 Å². The maximum Gasteiger partial charge on any atom is 0.294 e. The number of hydrogen-bond donors (Lipinski definition) is 1. The predicted molar refractivity (Wildman–Crippen MR) is 131 cm³/mol. The molecule has 0 radical (unpaired) electrons. The van der Waals surface area contributed by atoms with E-state index in [4.69, 9.17) is 0 Å². The van der Waals surface area contributed by atoms with Crippen LogP contribution in [-0.2, 0) is 0 Å². The standard InChI is InChI=1S/C25H21F5N8O/c26-14-1-2-18(28)17(5-14)19-6-15(27)12-37(19)21-4-3-20-31-9-22(38(20)35-21)34-25(39)24-32-7-16(8-33-24)36-10-13(11-36)23(29)30/h1-5,7-9,13,15,19,23H,6,10-12H2,(H,34,39)/t15-,19+/m0/s1. The first kappa shape index (κ1) is 24.9. The molecule has 5 heterocycles. The molecule has 0 spiro atoms. The molecule has 2 saturated heterocycles. The maximum atomic E-state index is 14.5. The highest BCUT2D eigenvalue weighted by molar-refractivity contribution is 6.01. The molecule has 6 rings (SSSR count). The zero-order valence-corrected chi connectivity index (χ0v) is 20.2. The number of carbonyl (C=O) groups is 1. The zero-order chi connectivity index (χ0) is 27.3. The molecule has 0 bridgehead atoms. The smallest absolute Gasteiger partial charge is 0.294 e. The van der Waals surface area contributed by atoms with Crippen LogP contribution < -0.4 is 15.1 Å². The predicted octanol–water partition coefficient (Wildman–Crippen LogP) is 4.04. The van der Waals surface area contributed by atoms with Gasteiger partial charge in [0.25, 0.3) is 5.91 Å². The summed E-state index contributed by atoms with van der Waals surface area (Å²) in [5.74, 6) is -2.33. The van der Waals surface area contributed by atoms with Gasteiger partial charge in [0.2, 0.25) is 12.2 Å². The summed E-state index contributed by atoms with van der Waals surface area (Å²) in [6.07, 6.45) is 0.441. The molecular formula is C25H21F5N8O. The van der Waals surface area contributed by atoms with Crippen LogP contribution in [0.5, 0.6) is 0 Å². The number of nitrogens with zero attached hydrogens (tertiary/aromatic N) is 7. The maximum absolute atomic E-state index is 14.5. The number of alkyl halides is 3. The minimum Gasteiger partial charge on any atom is -0.368 e. The SMILES string of the molecule is O=C(Nc1cnc2ccc(N3C[C@@H](F)C[C@@H]3c3cc(F)ccc3F)nn12)c1ncc(N2CC(C(F)F)C2)cn1. The Balaban J connectivity index is 1.21. The molecule has 14 heteroatoms. The largest absolute Gasteiger partial charge is 0.368 e. The Bertz CT molecular complexity index is 1520. The lowest BCUT2D eigenvalue weighted by Gasteiger charge is -2.39. The Morgan fingerprint density at radius 3 is 2.51 bits per heavy atom. The van der Waals surface area contributed by atoms with Crippen molar-refractivity contribution >= 4 is 28.9 Å². The molecule has 0 aliphatic carbocycles. The van der Waals surface area contributed by atoms with E-state index in [9.17, 15) is 26.7 Å². The molecule has 1 amide bonds. The number of amides is 1. The molecule has 0 saturated carbocycles. The lowest BCUT2D eigenvalue weighted by atomic mass is 10.0. The lowest BCUT2D eigenvalue weighted by molar-refractivity contribution is 0.0614. The van der Waals surface area contributed by atoms with Crippen LogP contribution in [0.1, 0.15) is 28.6 Å². The number of fused-ring (bicyclic) bond motifs is 1. The van der Waals surface area contributed by atoms with Crippen molar-refractivity contribution in [2.24, 2.45) is 5.92 Å². The molecule has 9 nitrogen and oxygen atoms in total. The van der Waals surface area contributed by atoms with E-state index in [1.807, 2.05) is 0 Å². The average Bonchev–Trinajstić information content (AvgIpc) is 3.47. The van der Waals surface area contributed by atoms with Gasteiger partial charge in [-0.25, -0.2) is 36.9 Å². The molecule has 0 unspecified atom stereocenters. The van der Waals surface area contributed by atoms with Gasteiger partial charge < -0.3 is 15.1 Å². The van der Waals surface area contributed by atoms with E-state index in [-0.39, 0.29) is 49.1 Å². The minimum atomic E-state index is -2.39. The first-order chi connectivity index (χ1) is 18.8. The van der Waals surface area contributed by atoms with Crippen LogP contribution in [0.15, 0.2) is 48.9 Å². The Hall–Kier alpha value is -4.36. The van der Waals surface area contributed by atoms with Gasteiger partial charge in [0.15, 0.2) is 11.5 Å². The van der Waals surface area contributed by atoms with Gasteiger partial charge in [-0.2, -0.15) is 4.52 Å². The summed E-state index contributed by atoms with van der Waals surface area (Å²) in [5.41, 5.74) is 0.937. The second-order valence-electron chi connectivity index (χ2n) is 9.49. The number of carbonyl (C=O) groups excluding carboxylic acids is 1. The Labute approximate surface area is 218 Å². The van der Waals surface area contributed by atoms with E-state index < -0.39 is 42.1 Å². The quantitative estimate of drug-likeness (QED) is 0.367. The summed E-state index contributed by atoms with van der Waals surface area (Å²) in [7, 11) is 0. The number of halogens is 5. The zero-order valence-electron chi connectivity index (χ0n) is 20.2. The molecule has 4 aromatic rings. The Kier molecular flexibility index (Phi) is 6.23. The van der Waals surface area contributed by atoms with E-state index in [1.54, 1.807) is 21.9 Å². The molecule has 2 aliphatic rings. The van der Waals surface area contributed by atoms with Crippen LogP contribution in [0.2, 0.25) is 0 Å². The van der Waals surface area contributed by atoms with Crippen molar-refractivity contribution in [3.8, 4) is 0 Å². The van der Waals surface area contributed by atoms with Crippen molar-refractivity contribution in [2.45, 2.75) is 25.1 Å². The number of imidazole rings is 1. The number of benzene rings is 1. The second kappa shape index (κ2) is 9.75. The third-order valence-electron chi connectivity index (χ3n) is 6.92. The third-order valence-corrected chi connectivity index (χ3v) is 6.92. The molecule has 2 fully saturated rings. The fourth-order valence-corrected chi connectivity index (χ4v) is 4.86. The summed E-state index contributed by atoms with van der Waals surface area (Å²) in [6.45, 7) is 0.301. The molecule has 2 atom stereocenters. The second-order valence-corrected chi connectivity index (χ2v) is 9.49. The minimum absolute atomic E-state index is 0.0275. The van der Waals surface area contributed by atoms with Crippen molar-refractivity contribution in [1.82, 2.24) is 24.6 Å². The topological polar surface area (TPSA) is 91.5 Å². The van der Waals surface area contributed by atoms with Gasteiger partial charge in [0, 0.05) is 25.1 Å². The van der Waals surface area contributed by atoms with Crippen molar-refractivity contribution in [3.63, 3.8) is 0 Å². The number of rotatable bonds is 6. The highest BCUT2D eigenvalue weighted by Crippen LogP contribution is 2.38. The summed E-state index contributed by atoms with van der Waals surface area (Å²) in [4.78, 5) is 28.3. The number of aromatic nitrogens is 5. The van der Waals surface area contributed by atoms with Gasteiger partial charge in [0.05, 0.1) is 42.8 Å². The molecule has 3 aromatic heterocycles. The van der Waals surface area contributed by atoms with E-state index in [0.717, 1.165) is 18.2 Å². The molecule has 1 aromatic carbocycles. The Morgan fingerprint density at radius 1 is 1.00 bits per heavy atom. The van der Waals surface area contributed by atoms with Gasteiger partial charge in [-0.3, -0.25) is 4.79 Å². The van der Waals surface area contributed by atoms with Crippen molar-refractivity contribution in [1.29, 1.82) is 0 Å². The highest BCUT2D eigenvalue weighted by Gasteiger charge is 2.36. The van der Waals surface area contributed by atoms with Crippen molar-refractivity contribution in [3.05, 3.63) is 71.9 Å². The fraction of sp³-hybridized carbons (Fsp3) is 0.320. The monoisotopic (exact) mass is 544 g/mol. The molecule has 2 aliphatic heterocycles. The van der Waals surface area contributed by atoms with Gasteiger partial charge in [0.1, 0.15) is 23.6 Å². The summed E-state index contributed by atoms with van der Waals surface area (Å²) < 4.78 is 69.6. The van der Waals surface area contributed by atoms with Gasteiger partial charge >= 0.3 is 0 Å².